The van der Waals surface area contributed by atoms with Crippen molar-refractivity contribution < 1.29 is 18.8 Å². The number of para-hydroxylation sites is 1. The van der Waals surface area contributed by atoms with Gasteiger partial charge in [-0.2, -0.15) is 4.98 Å². The van der Waals surface area contributed by atoms with Gasteiger partial charge in [0.2, 0.25) is 11.7 Å². The summed E-state index contributed by atoms with van der Waals surface area (Å²) in [6.07, 6.45) is 0.128. The third kappa shape index (κ3) is 3.72. The number of nitrogens with zero attached hydrogens (tertiary/aromatic N) is 2. The van der Waals surface area contributed by atoms with E-state index in [0.29, 0.717) is 37.2 Å². The Morgan fingerprint density at radius 1 is 0.931 bits per heavy atom. The molecule has 2 fully saturated rings. The molecule has 3 unspecified atom stereocenters. The highest BCUT2D eigenvalue weighted by molar-refractivity contribution is 5.99. The quantitative estimate of drug-likeness (QED) is 0.705. The molecule has 0 saturated carbocycles. The molecule has 3 aromatic rings. The molecule has 1 aromatic heterocycles. The minimum Gasteiger partial charge on any atom is -0.378 e. The first-order valence-electron chi connectivity index (χ1n) is 9.53. The Balaban J connectivity index is 1.24. The summed E-state index contributed by atoms with van der Waals surface area (Å²) in [7, 11) is 0. The standard InChI is InChI=1S/C21H20N4O4/c26-21(22-14-4-2-1-3-5-14)23-15-8-6-13(7-9-15)19-24-20(29-25-19)17-11-28-18-12-27-10-16(17)18/h1-9,16-18H,10-12H2,(H2,22,23,26). The van der Waals surface area contributed by atoms with Gasteiger partial charge >= 0.3 is 6.03 Å². The number of rotatable bonds is 4. The molecule has 3 heterocycles. The molecule has 8 heteroatoms. The van der Waals surface area contributed by atoms with Gasteiger partial charge in [0.1, 0.15) is 0 Å². The lowest BCUT2D eigenvalue weighted by atomic mass is 9.93. The number of urea groups is 1. The van der Waals surface area contributed by atoms with E-state index in [0.717, 1.165) is 11.3 Å². The van der Waals surface area contributed by atoms with Gasteiger partial charge in [0.15, 0.2) is 0 Å². The average Bonchev–Trinajstić information content (AvgIpc) is 3.46. The Labute approximate surface area is 167 Å². The Morgan fingerprint density at radius 3 is 2.48 bits per heavy atom. The summed E-state index contributed by atoms with van der Waals surface area (Å²) in [5.41, 5.74) is 2.21. The SMILES string of the molecule is O=C(Nc1ccccc1)Nc1ccc(-c2noc(C3COC4COCC43)n2)cc1. The average molecular weight is 392 g/mol. The van der Waals surface area contributed by atoms with E-state index in [2.05, 4.69) is 20.8 Å². The molecule has 29 heavy (non-hydrogen) atoms. The number of aromatic nitrogens is 2. The first-order valence-corrected chi connectivity index (χ1v) is 9.53. The van der Waals surface area contributed by atoms with Crippen molar-refractivity contribution in [2.24, 2.45) is 5.92 Å². The van der Waals surface area contributed by atoms with Gasteiger partial charge in [0.05, 0.1) is 31.8 Å². The Morgan fingerprint density at radius 2 is 1.69 bits per heavy atom. The summed E-state index contributed by atoms with van der Waals surface area (Å²) in [4.78, 5) is 16.7. The monoisotopic (exact) mass is 392 g/mol. The van der Waals surface area contributed by atoms with Crippen molar-refractivity contribution in [3.8, 4) is 11.4 Å². The fourth-order valence-electron chi connectivity index (χ4n) is 3.72. The molecule has 3 atom stereocenters. The van der Waals surface area contributed by atoms with Crippen LogP contribution in [-0.4, -0.2) is 42.1 Å². The number of hydrogen-bond acceptors (Lipinski definition) is 6. The number of carbonyl (C=O) groups excluding carboxylic acids is 1. The van der Waals surface area contributed by atoms with Gasteiger partial charge in [-0.25, -0.2) is 4.79 Å². The zero-order chi connectivity index (χ0) is 19.6. The van der Waals surface area contributed by atoms with Crippen molar-refractivity contribution >= 4 is 17.4 Å². The Bertz CT molecular complexity index is 989. The maximum Gasteiger partial charge on any atom is 0.323 e. The largest absolute Gasteiger partial charge is 0.378 e. The second-order valence-corrected chi connectivity index (χ2v) is 7.16. The lowest BCUT2D eigenvalue weighted by Crippen LogP contribution is -2.19. The summed E-state index contributed by atoms with van der Waals surface area (Å²) in [6, 6.07) is 16.3. The number of nitrogens with one attached hydrogen (secondary N) is 2. The second-order valence-electron chi connectivity index (χ2n) is 7.16. The highest BCUT2D eigenvalue weighted by atomic mass is 16.6. The fourth-order valence-corrected chi connectivity index (χ4v) is 3.72. The zero-order valence-corrected chi connectivity index (χ0v) is 15.6. The molecule has 2 aliphatic heterocycles. The molecule has 0 aliphatic carbocycles. The van der Waals surface area contributed by atoms with E-state index in [-0.39, 0.29) is 24.0 Å². The fraction of sp³-hybridized carbons (Fsp3) is 0.286. The summed E-state index contributed by atoms with van der Waals surface area (Å²) in [5.74, 6) is 1.45. The number of benzene rings is 2. The second kappa shape index (κ2) is 7.65. The van der Waals surface area contributed by atoms with Crippen molar-refractivity contribution in [1.29, 1.82) is 0 Å². The van der Waals surface area contributed by atoms with Gasteiger partial charge in [0, 0.05) is 22.9 Å². The van der Waals surface area contributed by atoms with Crippen LogP contribution in [0.2, 0.25) is 0 Å². The number of amides is 2. The van der Waals surface area contributed by atoms with Crippen LogP contribution in [0.5, 0.6) is 0 Å². The predicted octanol–water partition coefficient (Wildman–Crippen LogP) is 3.51. The van der Waals surface area contributed by atoms with E-state index in [1.165, 1.54) is 0 Å². The van der Waals surface area contributed by atoms with Crippen LogP contribution in [0.4, 0.5) is 16.2 Å². The van der Waals surface area contributed by atoms with Crippen LogP contribution in [0, 0.1) is 5.92 Å². The molecule has 2 aliphatic rings. The van der Waals surface area contributed by atoms with E-state index in [4.69, 9.17) is 14.0 Å². The zero-order valence-electron chi connectivity index (χ0n) is 15.6. The molecule has 2 amide bonds. The normalized spacial score (nSPS) is 23.0. The van der Waals surface area contributed by atoms with Crippen LogP contribution < -0.4 is 10.6 Å². The van der Waals surface area contributed by atoms with Crippen molar-refractivity contribution in [1.82, 2.24) is 10.1 Å². The molecule has 148 valence electrons. The third-order valence-corrected chi connectivity index (χ3v) is 5.27. The Hall–Kier alpha value is -3.23. The van der Waals surface area contributed by atoms with E-state index < -0.39 is 0 Å². The first-order chi connectivity index (χ1) is 14.3. The van der Waals surface area contributed by atoms with Crippen LogP contribution >= 0.6 is 0 Å². The molecule has 2 saturated heterocycles. The lowest BCUT2D eigenvalue weighted by Gasteiger charge is -2.09. The smallest absolute Gasteiger partial charge is 0.323 e. The maximum absolute atomic E-state index is 12.1. The van der Waals surface area contributed by atoms with Gasteiger partial charge in [-0.1, -0.05) is 23.4 Å². The first kappa shape index (κ1) is 17.8. The van der Waals surface area contributed by atoms with Gasteiger partial charge < -0.3 is 24.6 Å². The van der Waals surface area contributed by atoms with Crippen LogP contribution in [0.1, 0.15) is 11.8 Å². The third-order valence-electron chi connectivity index (χ3n) is 5.27. The van der Waals surface area contributed by atoms with Crippen LogP contribution in [0.25, 0.3) is 11.4 Å². The number of hydrogen-bond donors (Lipinski definition) is 2. The molecular weight excluding hydrogens is 372 g/mol. The molecule has 2 N–H and O–H groups in total. The summed E-state index contributed by atoms with van der Waals surface area (Å²) < 4.78 is 16.7. The van der Waals surface area contributed by atoms with E-state index in [1.807, 2.05) is 42.5 Å². The number of carbonyl (C=O) groups is 1. The van der Waals surface area contributed by atoms with Crippen molar-refractivity contribution in [3.63, 3.8) is 0 Å². The summed E-state index contributed by atoms with van der Waals surface area (Å²) in [6.45, 7) is 1.88. The van der Waals surface area contributed by atoms with Gasteiger partial charge in [0.25, 0.3) is 0 Å². The van der Waals surface area contributed by atoms with Gasteiger partial charge in [-0.05, 0) is 36.4 Å². The van der Waals surface area contributed by atoms with Crippen molar-refractivity contribution in [2.45, 2.75) is 12.0 Å². The highest BCUT2D eigenvalue weighted by Crippen LogP contribution is 2.38. The van der Waals surface area contributed by atoms with Gasteiger partial charge in [-0.15, -0.1) is 0 Å². The predicted molar refractivity (Wildman–Crippen MR) is 106 cm³/mol. The molecule has 0 bridgehead atoms. The molecule has 0 spiro atoms. The minimum atomic E-state index is -0.305. The van der Waals surface area contributed by atoms with E-state index >= 15 is 0 Å². The molecule has 5 rings (SSSR count). The summed E-state index contributed by atoms with van der Waals surface area (Å²) in [5, 5.41) is 9.69. The van der Waals surface area contributed by atoms with Crippen LogP contribution in [-0.2, 0) is 9.47 Å². The molecular formula is C21H20N4O4. The molecule has 0 radical (unpaired) electrons. The van der Waals surface area contributed by atoms with Crippen molar-refractivity contribution in [3.05, 3.63) is 60.5 Å². The minimum absolute atomic E-state index is 0.0753. The number of ether oxygens (including phenoxy) is 2. The number of anilines is 2. The maximum atomic E-state index is 12.1. The van der Waals surface area contributed by atoms with E-state index in [9.17, 15) is 4.79 Å². The van der Waals surface area contributed by atoms with Crippen LogP contribution in [0.3, 0.4) is 0 Å². The van der Waals surface area contributed by atoms with Crippen molar-refractivity contribution in [2.75, 3.05) is 30.5 Å². The molecule has 2 aromatic carbocycles. The highest BCUT2D eigenvalue weighted by Gasteiger charge is 2.44. The topological polar surface area (TPSA) is 98.5 Å². The van der Waals surface area contributed by atoms with E-state index in [1.54, 1.807) is 12.1 Å². The number of fused-ring (bicyclic) bond motifs is 1. The van der Waals surface area contributed by atoms with Crippen LogP contribution in [0.15, 0.2) is 59.1 Å². The lowest BCUT2D eigenvalue weighted by molar-refractivity contribution is 0.0672. The van der Waals surface area contributed by atoms with Gasteiger partial charge in [-0.3, -0.25) is 0 Å². The Kier molecular flexibility index (Phi) is 4.71. The summed E-state index contributed by atoms with van der Waals surface area (Å²) >= 11 is 0. The molecule has 8 nitrogen and oxygen atoms in total.